The predicted molar refractivity (Wildman–Crippen MR) is 78.9 cm³/mol. The van der Waals surface area contributed by atoms with Gasteiger partial charge in [0, 0.05) is 12.1 Å². The van der Waals surface area contributed by atoms with E-state index < -0.39 is 0 Å². The molecule has 0 spiro atoms. The van der Waals surface area contributed by atoms with Crippen molar-refractivity contribution < 1.29 is 0 Å². The van der Waals surface area contributed by atoms with Crippen LogP contribution in [-0.2, 0) is 0 Å². The first-order valence-corrected chi connectivity index (χ1v) is 8.00. The molecule has 2 aliphatic rings. The molecular formula is C16H32N2. The largest absolute Gasteiger partial charge is 0.314 e. The lowest BCUT2D eigenvalue weighted by Gasteiger charge is -2.37. The van der Waals surface area contributed by atoms with E-state index in [2.05, 4.69) is 31.1 Å². The summed E-state index contributed by atoms with van der Waals surface area (Å²) >= 11 is 0. The smallest absolute Gasteiger partial charge is 0.0104 e. The fraction of sp³-hybridized carbons (Fsp3) is 1.00. The Kier molecular flexibility index (Phi) is 5.08. The standard InChI is InChI=1S/C16H32N2/c1-16(2)10-6-7-14(13-16)17-11-9-15-8-4-5-12-18(15)3/h14-15,17H,4-13H2,1-3H3. The van der Waals surface area contributed by atoms with Crippen molar-refractivity contribution in [3.05, 3.63) is 0 Å². The molecule has 0 bridgehead atoms. The summed E-state index contributed by atoms with van der Waals surface area (Å²) in [7, 11) is 2.30. The van der Waals surface area contributed by atoms with Gasteiger partial charge in [-0.1, -0.05) is 26.7 Å². The third-order valence-electron chi connectivity index (χ3n) is 5.04. The maximum atomic E-state index is 3.82. The van der Waals surface area contributed by atoms with Crippen LogP contribution >= 0.6 is 0 Å². The van der Waals surface area contributed by atoms with Gasteiger partial charge in [0.1, 0.15) is 0 Å². The first kappa shape index (κ1) is 14.3. The summed E-state index contributed by atoms with van der Waals surface area (Å²) in [5.74, 6) is 0. The summed E-state index contributed by atoms with van der Waals surface area (Å²) in [5.41, 5.74) is 0.567. The number of nitrogens with one attached hydrogen (secondary N) is 1. The Morgan fingerprint density at radius 3 is 2.72 bits per heavy atom. The molecule has 0 amide bonds. The predicted octanol–water partition coefficient (Wildman–Crippen LogP) is 3.42. The first-order chi connectivity index (χ1) is 8.57. The Morgan fingerprint density at radius 2 is 2.00 bits per heavy atom. The molecule has 2 unspecified atom stereocenters. The maximum absolute atomic E-state index is 3.82. The van der Waals surface area contributed by atoms with E-state index >= 15 is 0 Å². The summed E-state index contributed by atoms with van der Waals surface area (Å²) in [5, 5.41) is 3.82. The quantitative estimate of drug-likeness (QED) is 0.825. The van der Waals surface area contributed by atoms with Gasteiger partial charge in [0.2, 0.25) is 0 Å². The molecule has 106 valence electrons. The van der Waals surface area contributed by atoms with Crippen molar-refractivity contribution in [2.24, 2.45) is 5.41 Å². The van der Waals surface area contributed by atoms with Crippen molar-refractivity contribution >= 4 is 0 Å². The van der Waals surface area contributed by atoms with Crippen molar-refractivity contribution in [2.75, 3.05) is 20.1 Å². The van der Waals surface area contributed by atoms with Crippen molar-refractivity contribution in [3.8, 4) is 0 Å². The zero-order valence-corrected chi connectivity index (χ0v) is 12.7. The van der Waals surface area contributed by atoms with E-state index in [4.69, 9.17) is 0 Å². The summed E-state index contributed by atoms with van der Waals surface area (Å²) < 4.78 is 0. The number of hydrogen-bond acceptors (Lipinski definition) is 2. The highest BCUT2D eigenvalue weighted by Gasteiger charge is 2.27. The van der Waals surface area contributed by atoms with Crippen LogP contribution < -0.4 is 5.32 Å². The molecular weight excluding hydrogens is 220 g/mol. The molecule has 1 heterocycles. The molecule has 2 heteroatoms. The second kappa shape index (κ2) is 6.38. The molecule has 1 N–H and O–H groups in total. The van der Waals surface area contributed by atoms with Crippen molar-refractivity contribution in [3.63, 3.8) is 0 Å². The lowest BCUT2D eigenvalue weighted by Crippen LogP contribution is -2.41. The molecule has 0 aromatic rings. The molecule has 0 aromatic heterocycles. The second-order valence-corrected chi connectivity index (χ2v) is 7.33. The molecule has 2 rings (SSSR count). The molecule has 0 radical (unpaired) electrons. The molecule has 1 aliphatic heterocycles. The molecule has 1 saturated carbocycles. The average molecular weight is 252 g/mol. The number of rotatable bonds is 4. The summed E-state index contributed by atoms with van der Waals surface area (Å²) in [6, 6.07) is 1.62. The number of hydrogen-bond donors (Lipinski definition) is 1. The molecule has 1 saturated heterocycles. The van der Waals surface area contributed by atoms with Gasteiger partial charge in [-0.3, -0.25) is 0 Å². The zero-order chi connectivity index (χ0) is 13.0. The van der Waals surface area contributed by atoms with Gasteiger partial charge in [-0.05, 0) is 64.1 Å². The van der Waals surface area contributed by atoms with Crippen LogP contribution in [-0.4, -0.2) is 37.1 Å². The third kappa shape index (κ3) is 4.24. The van der Waals surface area contributed by atoms with E-state index in [0.717, 1.165) is 12.1 Å². The van der Waals surface area contributed by atoms with Crippen LogP contribution in [0.25, 0.3) is 0 Å². The van der Waals surface area contributed by atoms with Gasteiger partial charge in [-0.2, -0.15) is 0 Å². The maximum Gasteiger partial charge on any atom is 0.0104 e. The summed E-state index contributed by atoms with van der Waals surface area (Å²) in [4.78, 5) is 2.57. The molecule has 2 fully saturated rings. The summed E-state index contributed by atoms with van der Waals surface area (Å²) in [6.45, 7) is 7.38. The normalized spacial score (nSPS) is 33.5. The first-order valence-electron chi connectivity index (χ1n) is 8.00. The van der Waals surface area contributed by atoms with Gasteiger partial charge in [-0.25, -0.2) is 0 Å². The molecule has 2 nitrogen and oxygen atoms in total. The Balaban J connectivity index is 1.65. The van der Waals surface area contributed by atoms with Gasteiger partial charge in [0.05, 0.1) is 0 Å². The van der Waals surface area contributed by atoms with Gasteiger partial charge < -0.3 is 10.2 Å². The van der Waals surface area contributed by atoms with Gasteiger partial charge in [0.25, 0.3) is 0 Å². The zero-order valence-electron chi connectivity index (χ0n) is 12.7. The molecule has 2 atom stereocenters. The van der Waals surface area contributed by atoms with E-state index in [9.17, 15) is 0 Å². The van der Waals surface area contributed by atoms with Gasteiger partial charge in [-0.15, -0.1) is 0 Å². The van der Waals surface area contributed by atoms with Gasteiger partial charge in [0.15, 0.2) is 0 Å². The minimum Gasteiger partial charge on any atom is -0.314 e. The van der Waals surface area contributed by atoms with Crippen LogP contribution in [0.5, 0.6) is 0 Å². The Labute approximate surface area is 114 Å². The Hall–Kier alpha value is -0.0800. The monoisotopic (exact) mass is 252 g/mol. The minimum absolute atomic E-state index is 0.567. The SMILES string of the molecule is CN1CCCCC1CCNC1CCCC(C)(C)C1. The highest BCUT2D eigenvalue weighted by atomic mass is 15.1. The van der Waals surface area contributed by atoms with Crippen molar-refractivity contribution in [1.82, 2.24) is 10.2 Å². The molecule has 1 aliphatic carbocycles. The van der Waals surface area contributed by atoms with Crippen LogP contribution in [0, 0.1) is 5.41 Å². The van der Waals surface area contributed by atoms with Gasteiger partial charge >= 0.3 is 0 Å². The molecule has 18 heavy (non-hydrogen) atoms. The number of nitrogens with zero attached hydrogens (tertiary/aromatic N) is 1. The molecule has 0 aromatic carbocycles. The minimum atomic E-state index is 0.567. The van der Waals surface area contributed by atoms with Crippen LogP contribution in [0.15, 0.2) is 0 Å². The Bertz CT molecular complexity index is 249. The number of likely N-dealkylation sites (tertiary alicyclic amines) is 1. The topological polar surface area (TPSA) is 15.3 Å². The lowest BCUT2D eigenvalue weighted by atomic mass is 9.75. The highest BCUT2D eigenvalue weighted by molar-refractivity contribution is 4.84. The number of piperidine rings is 1. The lowest BCUT2D eigenvalue weighted by molar-refractivity contribution is 0.165. The van der Waals surface area contributed by atoms with E-state index in [1.165, 1.54) is 64.5 Å². The van der Waals surface area contributed by atoms with E-state index in [1.54, 1.807) is 0 Å². The summed E-state index contributed by atoms with van der Waals surface area (Å²) in [6.07, 6.45) is 11.2. The van der Waals surface area contributed by atoms with Crippen LogP contribution in [0.4, 0.5) is 0 Å². The van der Waals surface area contributed by atoms with Crippen LogP contribution in [0.3, 0.4) is 0 Å². The third-order valence-corrected chi connectivity index (χ3v) is 5.04. The fourth-order valence-corrected chi connectivity index (χ4v) is 3.84. The van der Waals surface area contributed by atoms with Crippen molar-refractivity contribution in [2.45, 2.75) is 77.3 Å². The van der Waals surface area contributed by atoms with Crippen LogP contribution in [0.2, 0.25) is 0 Å². The average Bonchev–Trinajstić information content (AvgIpc) is 2.30. The van der Waals surface area contributed by atoms with Crippen molar-refractivity contribution in [1.29, 1.82) is 0 Å². The van der Waals surface area contributed by atoms with E-state index in [-0.39, 0.29) is 0 Å². The second-order valence-electron chi connectivity index (χ2n) is 7.33. The fourth-order valence-electron chi connectivity index (χ4n) is 3.84. The van der Waals surface area contributed by atoms with E-state index in [0.29, 0.717) is 5.41 Å². The van der Waals surface area contributed by atoms with E-state index in [1.807, 2.05) is 0 Å². The Morgan fingerprint density at radius 1 is 1.17 bits per heavy atom. The highest BCUT2D eigenvalue weighted by Crippen LogP contribution is 2.35. The van der Waals surface area contributed by atoms with Crippen LogP contribution in [0.1, 0.15) is 65.2 Å².